The van der Waals surface area contributed by atoms with Gasteiger partial charge in [0, 0.05) is 12.5 Å². The van der Waals surface area contributed by atoms with Gasteiger partial charge in [0.1, 0.15) is 51.1 Å². The number of carbonyl (C=O) groups is 3. The standard InChI is InChI=1S/C12H14O3.C12H16O2.C11H16O2.C11H14O.C9H8O2.C4H9.C2H4O2.CO2.CH3.Al.ClH.2Li.Mg.H2O4S.4H/c1-12(2)7-6-8-4-3-5-9(11(13)14)10(8)15-12;1-12(2)7-6-9-4-3-5-10(8-13)11(9)14-12;1-11(2,13)8-7-9-5-3-4-6-10(9)12;1-11(2)8-7-9-5-3-4-6-10(9)12-11;10-9-6-5-7-3-1-2-4-8(7)11-9;1-3-4-2;1-2(3)4;2-1-3;;;;;;;1-5(2,3)4;;;;/h3-5H,6-7H2,1-2H3,(H,13,14);3-5,13H,6-8H2,1-2H3;3-6,12-13H,7-8H2,1-2H3;3-6H,7-8H2,1-2H3;1-4H,5-6H2;1,3-4H2,2H3;1H3,(H,3,4);;1H3;;1H;;;;(H2,1,2,3,4);;;;/q;;;;;-1;;;-1;;;2*+1;+2;;;;;-1/p-1. The molecule has 4 heterocycles. The van der Waals surface area contributed by atoms with Crippen molar-refractivity contribution in [2.75, 3.05) is 0 Å². The van der Waals surface area contributed by atoms with E-state index in [1.165, 1.54) is 17.5 Å². The smallest absolute Gasteiger partial charge is 1.00 e. The minimum absolute atomic E-state index is 0. The summed E-state index contributed by atoms with van der Waals surface area (Å²) in [5.74, 6) is 1.66. The molecule has 5 aromatic rings. The summed E-state index contributed by atoms with van der Waals surface area (Å²) in [5.41, 5.74) is 5.74. The Morgan fingerprint density at radius 1 is 0.667 bits per heavy atom. The first-order chi connectivity index (χ1) is 37.7. The van der Waals surface area contributed by atoms with Crippen molar-refractivity contribution in [1.29, 1.82) is 0 Å². The van der Waals surface area contributed by atoms with Gasteiger partial charge in [0.2, 0.25) is 0 Å². The van der Waals surface area contributed by atoms with Crippen molar-refractivity contribution in [2.24, 2.45) is 0 Å². The number of rotatable bonds is 6. The minimum atomic E-state index is -4.67. The van der Waals surface area contributed by atoms with E-state index in [4.69, 9.17) is 61.1 Å². The predicted molar refractivity (Wildman–Crippen MR) is 330 cm³/mol. The van der Waals surface area contributed by atoms with E-state index in [0.717, 1.165) is 97.8 Å². The Balaban J connectivity index is -0.000000173. The van der Waals surface area contributed by atoms with Crippen molar-refractivity contribution in [3.63, 3.8) is 0 Å². The molecule has 0 atom stereocenters. The SMILES string of the molecule is CC(=O)O.CC(C)(O)CCc1ccccc1O.CC1(C)CCc2cccc(C(=O)O)c2O1.CC1(C)CCc2cccc(CO)c2O1.CC1(C)CCc2ccccc2O1.O=C1CCc2ccccc2O1.O=C=O.O=S(=O)(O)O.[AlH3].[CH2-]CCC.[CH3-].[Cl-].[H-].[Li+].[Li+].[Mg+2]. The molecule has 4 aliphatic heterocycles. The Labute approximate surface area is 574 Å². The van der Waals surface area contributed by atoms with E-state index in [9.17, 15) is 24.9 Å². The zero-order valence-electron chi connectivity index (χ0n) is 53.4. The Morgan fingerprint density at radius 2 is 1.03 bits per heavy atom. The number of benzene rings is 5. The number of ether oxygens (including phenoxy) is 4. The molecule has 470 valence electrons. The number of aromatic hydroxyl groups is 1. The molecule has 0 saturated carbocycles. The van der Waals surface area contributed by atoms with Gasteiger partial charge in [0.25, 0.3) is 5.97 Å². The number of aryl methyl sites for hydroxylation is 5. The third kappa shape index (κ3) is 41.6. The molecule has 0 fully saturated rings. The van der Waals surface area contributed by atoms with Gasteiger partial charge >= 0.3 is 89.3 Å². The Morgan fingerprint density at radius 3 is 1.48 bits per heavy atom. The second-order valence-electron chi connectivity index (χ2n) is 21.3. The van der Waals surface area contributed by atoms with Crippen LogP contribution in [0, 0.1) is 14.4 Å². The van der Waals surface area contributed by atoms with Gasteiger partial charge in [-0.05, 0) is 165 Å². The van der Waals surface area contributed by atoms with Crippen LogP contribution in [-0.2, 0) is 68.3 Å². The van der Waals surface area contributed by atoms with Gasteiger partial charge in [-0.1, -0.05) is 98.3 Å². The fourth-order valence-corrected chi connectivity index (χ4v) is 7.66. The maximum Gasteiger partial charge on any atom is 2.00 e. The van der Waals surface area contributed by atoms with Gasteiger partial charge in [-0.15, -0.1) is 0 Å². The van der Waals surface area contributed by atoms with Crippen LogP contribution >= 0.6 is 0 Å². The van der Waals surface area contributed by atoms with Gasteiger partial charge < -0.3 is 72.7 Å². The molecule has 87 heavy (non-hydrogen) atoms. The third-order valence-corrected chi connectivity index (χ3v) is 11.9. The number of phenols is 1. The Bertz CT molecular complexity index is 2900. The number of aliphatic carboxylic acids is 1. The third-order valence-electron chi connectivity index (χ3n) is 11.9. The molecule has 0 unspecified atom stereocenters. The van der Waals surface area contributed by atoms with E-state index in [-0.39, 0.29) is 140 Å². The number of aliphatic hydroxyl groups excluding tert-OH is 1. The van der Waals surface area contributed by atoms with Crippen molar-refractivity contribution >= 4 is 74.9 Å². The molecule has 18 nitrogen and oxygen atoms in total. The quantitative estimate of drug-likeness (QED) is 0.0418. The molecule has 24 heteroatoms. The van der Waals surface area contributed by atoms with Crippen LogP contribution in [0.1, 0.15) is 159 Å². The first kappa shape index (κ1) is 93.8. The maximum absolute atomic E-state index is 11.0. The largest absolute Gasteiger partial charge is 2.00 e. The molecule has 4 aliphatic rings. The first-order valence-corrected chi connectivity index (χ1v) is 27.8. The van der Waals surface area contributed by atoms with E-state index in [0.29, 0.717) is 30.8 Å². The summed E-state index contributed by atoms with van der Waals surface area (Å²) in [6, 6.07) is 34.4. The number of phenolic OH excluding ortho intramolecular Hbond substituents is 1. The second kappa shape index (κ2) is 46.7. The van der Waals surface area contributed by atoms with Gasteiger partial charge in [-0.25, -0.2) is 4.79 Å². The van der Waals surface area contributed by atoms with E-state index in [1.807, 2.05) is 74.5 Å². The second-order valence-corrected chi connectivity index (χ2v) is 22.2. The van der Waals surface area contributed by atoms with E-state index in [2.05, 4.69) is 65.8 Å². The Kier molecular flexibility index (Phi) is 50.4. The molecule has 0 spiro atoms. The zero-order valence-corrected chi connectivity index (χ0v) is 55.4. The normalized spacial score (nSPS) is 13.8. The number of esters is 1. The number of aromatic carboxylic acids is 1. The average molecular weight is 1270 g/mol. The summed E-state index contributed by atoms with van der Waals surface area (Å²) < 4.78 is 54.0. The first-order valence-electron chi connectivity index (χ1n) is 26.4. The summed E-state index contributed by atoms with van der Waals surface area (Å²) in [5, 5.41) is 44.5. The van der Waals surface area contributed by atoms with Crippen molar-refractivity contribution in [1.82, 2.24) is 0 Å². The molecule has 0 bridgehead atoms. The molecular formula is C63H90AlClLi2MgO18S. The topological polar surface area (TPSA) is 298 Å². The van der Waals surface area contributed by atoms with Crippen LogP contribution in [0.4, 0.5) is 0 Å². The fourth-order valence-electron chi connectivity index (χ4n) is 7.66. The molecule has 5 aromatic carbocycles. The average Bonchev–Trinajstić information content (AvgIpc) is 3.55. The number of carboxylic acids is 2. The summed E-state index contributed by atoms with van der Waals surface area (Å²) in [6.45, 7) is 22.8. The molecule has 0 saturated heterocycles. The fraction of sp³-hybridized carbons (Fsp3) is 0.429. The summed E-state index contributed by atoms with van der Waals surface area (Å²) >= 11 is 0. The summed E-state index contributed by atoms with van der Waals surface area (Å²) in [4.78, 5) is 47.1. The van der Waals surface area contributed by atoms with Crippen LogP contribution in [0.2, 0.25) is 0 Å². The molecule has 0 aromatic heterocycles. The summed E-state index contributed by atoms with van der Waals surface area (Å²) in [6.07, 6.45) is 11.3. The van der Waals surface area contributed by atoms with Crippen molar-refractivity contribution < 1.29 is 138 Å². The molecular weight excluding hydrogens is 1180 g/mol. The molecule has 0 amide bonds. The van der Waals surface area contributed by atoms with Crippen molar-refractivity contribution in [2.45, 2.75) is 175 Å². The van der Waals surface area contributed by atoms with Crippen LogP contribution < -0.4 is 69.1 Å². The number of hydrogen-bond acceptors (Lipinski definition) is 14. The molecule has 7 N–H and O–H groups in total. The number of halogens is 1. The summed E-state index contributed by atoms with van der Waals surface area (Å²) in [7, 11) is -4.67. The maximum atomic E-state index is 11.0. The molecule has 9 rings (SSSR count). The van der Waals surface area contributed by atoms with Gasteiger partial charge in [-0.2, -0.15) is 24.4 Å². The molecule has 0 aliphatic carbocycles. The van der Waals surface area contributed by atoms with E-state index < -0.39 is 27.9 Å². The Hall–Kier alpha value is -4.34. The number of hydrogen-bond donors (Lipinski definition) is 7. The van der Waals surface area contributed by atoms with Crippen LogP contribution in [-0.4, -0.2) is 130 Å². The van der Waals surface area contributed by atoms with Crippen LogP contribution in [0.5, 0.6) is 28.7 Å². The van der Waals surface area contributed by atoms with Gasteiger partial charge in [-0.3, -0.25) is 18.7 Å². The van der Waals surface area contributed by atoms with Crippen molar-refractivity contribution in [3.05, 3.63) is 162 Å². The monoisotopic (exact) mass is 1270 g/mol. The number of para-hydroxylation sites is 5. The predicted octanol–water partition coefficient (Wildman–Crippen LogP) is 1.68. The van der Waals surface area contributed by atoms with Crippen LogP contribution in [0.3, 0.4) is 0 Å². The van der Waals surface area contributed by atoms with Gasteiger partial charge in [0.15, 0.2) is 17.4 Å². The van der Waals surface area contributed by atoms with Crippen LogP contribution in [0.15, 0.2) is 109 Å². The number of unbranched alkanes of at least 4 members (excludes halogenated alkanes) is 1. The van der Waals surface area contributed by atoms with E-state index in [1.54, 1.807) is 38.1 Å². The number of carboxylic acid groups (broad SMARTS) is 2. The van der Waals surface area contributed by atoms with Crippen LogP contribution in [0.25, 0.3) is 0 Å². The number of fused-ring (bicyclic) bond motifs is 4. The zero-order chi connectivity index (χ0) is 61.6. The minimum Gasteiger partial charge on any atom is -1.00 e. The van der Waals surface area contributed by atoms with E-state index >= 15 is 0 Å². The number of carbonyl (C=O) groups excluding carboxylic acids is 3. The molecule has 0 radical (unpaired) electrons. The van der Waals surface area contributed by atoms with Gasteiger partial charge in [0.05, 0.1) is 18.6 Å². The number of aliphatic hydroxyl groups is 2. The van der Waals surface area contributed by atoms with Crippen molar-refractivity contribution in [3.8, 4) is 28.7 Å².